The summed E-state index contributed by atoms with van der Waals surface area (Å²) in [4.78, 5) is 15.1. The van der Waals surface area contributed by atoms with E-state index in [1.54, 1.807) is 0 Å². The molecule has 2 nitrogen and oxygen atoms in total. The van der Waals surface area contributed by atoms with Gasteiger partial charge in [0.2, 0.25) is 5.91 Å². The summed E-state index contributed by atoms with van der Waals surface area (Å²) < 4.78 is 1.08. The summed E-state index contributed by atoms with van der Waals surface area (Å²) >= 11 is 3.51. The number of hydrogen-bond donors (Lipinski definition) is 0. The van der Waals surface area contributed by atoms with Crippen molar-refractivity contribution in [2.45, 2.75) is 38.1 Å². The number of amides is 1. The van der Waals surface area contributed by atoms with Gasteiger partial charge in [-0.05, 0) is 42.7 Å². The molecule has 1 atom stereocenters. The van der Waals surface area contributed by atoms with E-state index in [9.17, 15) is 4.79 Å². The van der Waals surface area contributed by atoms with E-state index in [1.165, 1.54) is 24.8 Å². The van der Waals surface area contributed by atoms with Crippen LogP contribution in [-0.4, -0.2) is 5.91 Å². The van der Waals surface area contributed by atoms with Crippen molar-refractivity contribution in [3.05, 3.63) is 64.6 Å². The number of anilines is 1. The predicted octanol–water partition coefficient (Wildman–Crippen LogP) is 5.49. The largest absolute Gasteiger partial charge is 0.303 e. The normalized spacial score (nSPS) is 22.9. The molecule has 1 spiro atoms. The number of rotatable bonds is 2. The molecule has 1 amide bonds. The Morgan fingerprint density at radius 2 is 1.57 bits per heavy atom. The van der Waals surface area contributed by atoms with Crippen LogP contribution in [0, 0.1) is 5.41 Å². The molecule has 0 bridgehead atoms. The number of carbonyl (C=O) groups excluding carboxylic acids is 1. The summed E-state index contributed by atoms with van der Waals surface area (Å²) in [7, 11) is 0. The van der Waals surface area contributed by atoms with E-state index in [1.807, 2.05) is 35.2 Å². The second-order valence-electron chi connectivity index (χ2n) is 6.68. The number of nitrogens with zero attached hydrogens (tertiary/aromatic N) is 1. The van der Waals surface area contributed by atoms with Crippen molar-refractivity contribution in [2.75, 3.05) is 4.90 Å². The van der Waals surface area contributed by atoms with E-state index in [2.05, 4.69) is 40.2 Å². The van der Waals surface area contributed by atoms with Crippen LogP contribution in [0.25, 0.3) is 0 Å². The van der Waals surface area contributed by atoms with Gasteiger partial charge in [-0.25, -0.2) is 0 Å². The lowest BCUT2D eigenvalue weighted by molar-refractivity contribution is -0.143. The molecule has 1 aliphatic heterocycles. The van der Waals surface area contributed by atoms with E-state index in [0.717, 1.165) is 23.0 Å². The van der Waals surface area contributed by atoms with Gasteiger partial charge >= 0.3 is 0 Å². The second kappa shape index (κ2) is 5.79. The molecule has 0 N–H and O–H groups in total. The Morgan fingerprint density at radius 3 is 2.22 bits per heavy atom. The predicted molar refractivity (Wildman–Crippen MR) is 96.3 cm³/mol. The van der Waals surface area contributed by atoms with Crippen LogP contribution in [-0.2, 0) is 4.79 Å². The van der Waals surface area contributed by atoms with Gasteiger partial charge in [0.15, 0.2) is 0 Å². The van der Waals surface area contributed by atoms with Crippen molar-refractivity contribution >= 4 is 27.5 Å². The number of β-lactam (4-membered cyclic amide) rings is 1. The Hall–Kier alpha value is -1.61. The average molecular weight is 370 g/mol. The van der Waals surface area contributed by atoms with Gasteiger partial charge in [-0.1, -0.05) is 65.5 Å². The van der Waals surface area contributed by atoms with Crippen LogP contribution >= 0.6 is 15.9 Å². The van der Waals surface area contributed by atoms with Crippen molar-refractivity contribution in [1.82, 2.24) is 0 Å². The maximum Gasteiger partial charge on any atom is 0.236 e. The lowest BCUT2D eigenvalue weighted by atomic mass is 9.60. The standard InChI is InChI=1S/C20H20BrNO/c21-16-11-9-15(10-12-16)18-20(13-5-2-6-14-20)19(23)22(18)17-7-3-1-4-8-17/h1,3-4,7-12,18H,2,5-6,13-14H2/t18-/m1/s1. The van der Waals surface area contributed by atoms with Crippen LogP contribution in [0.1, 0.15) is 43.7 Å². The van der Waals surface area contributed by atoms with Gasteiger partial charge in [0.1, 0.15) is 0 Å². The Labute approximate surface area is 145 Å². The van der Waals surface area contributed by atoms with E-state index in [-0.39, 0.29) is 11.5 Å². The van der Waals surface area contributed by atoms with Crippen LogP contribution in [0.15, 0.2) is 59.1 Å². The number of carbonyl (C=O) groups is 1. The van der Waals surface area contributed by atoms with Crippen molar-refractivity contribution in [3.63, 3.8) is 0 Å². The molecule has 118 valence electrons. The third kappa shape index (κ3) is 2.33. The smallest absolute Gasteiger partial charge is 0.236 e. The van der Waals surface area contributed by atoms with Gasteiger partial charge in [0.05, 0.1) is 11.5 Å². The van der Waals surface area contributed by atoms with Crippen LogP contribution < -0.4 is 4.90 Å². The lowest BCUT2D eigenvalue weighted by Gasteiger charge is -2.58. The molecule has 4 rings (SSSR count). The molecule has 1 saturated heterocycles. The zero-order valence-electron chi connectivity index (χ0n) is 13.0. The van der Waals surface area contributed by atoms with Gasteiger partial charge in [0, 0.05) is 10.2 Å². The molecule has 2 aromatic carbocycles. The molecule has 2 aliphatic rings. The highest BCUT2D eigenvalue weighted by Crippen LogP contribution is 2.59. The third-order valence-electron chi connectivity index (χ3n) is 5.39. The first-order valence-corrected chi connectivity index (χ1v) is 9.16. The maximum absolute atomic E-state index is 13.1. The minimum absolute atomic E-state index is 0.172. The molecule has 0 unspecified atom stereocenters. The maximum atomic E-state index is 13.1. The summed E-state index contributed by atoms with van der Waals surface area (Å²) in [5.74, 6) is 0.316. The van der Waals surface area contributed by atoms with Crippen molar-refractivity contribution in [1.29, 1.82) is 0 Å². The zero-order valence-corrected chi connectivity index (χ0v) is 14.6. The summed E-state index contributed by atoms with van der Waals surface area (Å²) in [6.45, 7) is 0. The van der Waals surface area contributed by atoms with Gasteiger partial charge in [-0.2, -0.15) is 0 Å². The topological polar surface area (TPSA) is 20.3 Å². The minimum Gasteiger partial charge on any atom is -0.303 e. The highest BCUT2D eigenvalue weighted by molar-refractivity contribution is 9.10. The quantitative estimate of drug-likeness (QED) is 0.641. The molecule has 3 heteroatoms. The summed E-state index contributed by atoms with van der Waals surface area (Å²) in [6.07, 6.45) is 5.64. The fourth-order valence-corrected chi connectivity index (χ4v) is 4.56. The molecule has 2 fully saturated rings. The molecule has 1 saturated carbocycles. The van der Waals surface area contributed by atoms with Crippen LogP contribution in [0.2, 0.25) is 0 Å². The zero-order chi connectivity index (χ0) is 15.9. The van der Waals surface area contributed by atoms with Crippen molar-refractivity contribution in [2.24, 2.45) is 5.41 Å². The Kier molecular flexibility index (Phi) is 3.76. The number of benzene rings is 2. The Morgan fingerprint density at radius 1 is 0.913 bits per heavy atom. The van der Waals surface area contributed by atoms with Crippen LogP contribution in [0.4, 0.5) is 5.69 Å². The fourth-order valence-electron chi connectivity index (χ4n) is 4.29. The highest BCUT2D eigenvalue weighted by Gasteiger charge is 2.61. The SMILES string of the molecule is O=C1N(c2ccccc2)[C@H](c2ccc(Br)cc2)C12CCCCC2. The van der Waals surface area contributed by atoms with E-state index < -0.39 is 0 Å². The molecular formula is C20H20BrNO. The van der Waals surface area contributed by atoms with Gasteiger partial charge in [0.25, 0.3) is 0 Å². The van der Waals surface area contributed by atoms with Crippen molar-refractivity contribution in [3.8, 4) is 0 Å². The molecule has 0 radical (unpaired) electrons. The average Bonchev–Trinajstić information content (AvgIpc) is 2.61. The van der Waals surface area contributed by atoms with Gasteiger partial charge in [-0.15, -0.1) is 0 Å². The first-order chi connectivity index (χ1) is 11.2. The fraction of sp³-hybridized carbons (Fsp3) is 0.350. The monoisotopic (exact) mass is 369 g/mol. The highest BCUT2D eigenvalue weighted by atomic mass is 79.9. The molecular weight excluding hydrogens is 350 g/mol. The lowest BCUT2D eigenvalue weighted by Crippen LogP contribution is -2.64. The van der Waals surface area contributed by atoms with Gasteiger partial charge in [-0.3, -0.25) is 4.79 Å². The van der Waals surface area contributed by atoms with Crippen LogP contribution in [0.5, 0.6) is 0 Å². The molecule has 0 aromatic heterocycles. The first kappa shape index (κ1) is 14.9. The molecule has 1 heterocycles. The van der Waals surface area contributed by atoms with E-state index in [0.29, 0.717) is 5.91 Å². The summed E-state index contributed by atoms with van der Waals surface area (Å²) in [5, 5.41) is 0. The third-order valence-corrected chi connectivity index (χ3v) is 5.92. The molecule has 2 aromatic rings. The Balaban J connectivity index is 1.77. The molecule has 23 heavy (non-hydrogen) atoms. The first-order valence-electron chi connectivity index (χ1n) is 8.37. The van der Waals surface area contributed by atoms with E-state index in [4.69, 9.17) is 0 Å². The number of hydrogen-bond acceptors (Lipinski definition) is 1. The molecule has 1 aliphatic carbocycles. The number of halogens is 1. The summed E-state index contributed by atoms with van der Waals surface area (Å²) in [5.41, 5.74) is 2.09. The summed E-state index contributed by atoms with van der Waals surface area (Å²) in [6, 6.07) is 18.7. The minimum atomic E-state index is -0.179. The number of para-hydroxylation sites is 1. The van der Waals surface area contributed by atoms with Crippen molar-refractivity contribution < 1.29 is 4.79 Å². The van der Waals surface area contributed by atoms with E-state index >= 15 is 0 Å². The van der Waals surface area contributed by atoms with Gasteiger partial charge < -0.3 is 4.90 Å². The van der Waals surface area contributed by atoms with Crippen LogP contribution in [0.3, 0.4) is 0 Å². The second-order valence-corrected chi connectivity index (χ2v) is 7.60. The Bertz CT molecular complexity index is 704.